The van der Waals surface area contributed by atoms with Gasteiger partial charge in [0, 0.05) is 25.5 Å². The SMILES string of the molecule is CCN(Cc1ccncc1)CC(Cl)C(=O)O. The molecule has 0 spiro atoms. The van der Waals surface area contributed by atoms with Crippen molar-refractivity contribution >= 4 is 17.6 Å². The lowest BCUT2D eigenvalue weighted by molar-refractivity contribution is -0.137. The van der Waals surface area contributed by atoms with Gasteiger partial charge in [-0.3, -0.25) is 14.7 Å². The first kappa shape index (κ1) is 12.9. The number of hydrogen-bond donors (Lipinski definition) is 1. The molecule has 1 unspecified atom stereocenters. The number of hydrogen-bond acceptors (Lipinski definition) is 3. The second kappa shape index (κ2) is 6.45. The topological polar surface area (TPSA) is 53.4 Å². The van der Waals surface area contributed by atoms with Crippen LogP contribution in [-0.2, 0) is 11.3 Å². The Bertz CT molecular complexity index is 332. The van der Waals surface area contributed by atoms with Gasteiger partial charge in [-0.2, -0.15) is 0 Å². The fourth-order valence-corrected chi connectivity index (χ4v) is 1.55. The summed E-state index contributed by atoms with van der Waals surface area (Å²) in [7, 11) is 0. The third-order valence-corrected chi connectivity index (χ3v) is 2.61. The summed E-state index contributed by atoms with van der Waals surface area (Å²) in [5.41, 5.74) is 1.10. The summed E-state index contributed by atoms with van der Waals surface area (Å²) in [5, 5.41) is 7.86. The van der Waals surface area contributed by atoms with Gasteiger partial charge in [0.1, 0.15) is 5.38 Å². The number of aromatic nitrogens is 1. The molecule has 0 aliphatic carbocycles. The van der Waals surface area contributed by atoms with E-state index >= 15 is 0 Å². The van der Waals surface area contributed by atoms with Gasteiger partial charge in [-0.15, -0.1) is 11.6 Å². The molecule has 0 saturated heterocycles. The van der Waals surface area contributed by atoms with Crippen molar-refractivity contribution in [3.63, 3.8) is 0 Å². The van der Waals surface area contributed by atoms with Crippen LogP contribution < -0.4 is 0 Å². The van der Waals surface area contributed by atoms with Crippen molar-refractivity contribution in [3.8, 4) is 0 Å². The van der Waals surface area contributed by atoms with Crippen LogP contribution in [0.2, 0.25) is 0 Å². The number of halogens is 1. The summed E-state index contributed by atoms with van der Waals surface area (Å²) < 4.78 is 0. The predicted octanol–water partition coefficient (Wildman–Crippen LogP) is 1.60. The minimum absolute atomic E-state index is 0.343. The Kier molecular flexibility index (Phi) is 5.22. The minimum atomic E-state index is -0.977. The lowest BCUT2D eigenvalue weighted by atomic mass is 10.2. The summed E-state index contributed by atoms with van der Waals surface area (Å²) in [4.78, 5) is 16.6. The van der Waals surface area contributed by atoms with Gasteiger partial charge in [-0.25, -0.2) is 0 Å². The van der Waals surface area contributed by atoms with E-state index < -0.39 is 11.3 Å². The number of nitrogens with zero attached hydrogens (tertiary/aromatic N) is 2. The highest BCUT2D eigenvalue weighted by atomic mass is 35.5. The molecule has 0 saturated carbocycles. The summed E-state index contributed by atoms with van der Waals surface area (Å²) in [5.74, 6) is -0.977. The van der Waals surface area contributed by atoms with Gasteiger partial charge in [-0.05, 0) is 24.2 Å². The lowest BCUT2D eigenvalue weighted by Gasteiger charge is -2.21. The zero-order chi connectivity index (χ0) is 12.0. The highest BCUT2D eigenvalue weighted by molar-refractivity contribution is 6.29. The Balaban J connectivity index is 2.53. The molecule has 1 atom stereocenters. The first-order valence-electron chi connectivity index (χ1n) is 5.11. The maximum Gasteiger partial charge on any atom is 0.322 e. The molecule has 0 aliphatic rings. The van der Waals surface area contributed by atoms with Crippen LogP contribution in [0.3, 0.4) is 0 Å². The van der Waals surface area contributed by atoms with E-state index in [0.717, 1.165) is 12.1 Å². The van der Waals surface area contributed by atoms with Gasteiger partial charge >= 0.3 is 5.97 Å². The zero-order valence-corrected chi connectivity index (χ0v) is 9.89. The van der Waals surface area contributed by atoms with Crippen molar-refractivity contribution < 1.29 is 9.90 Å². The molecule has 1 heterocycles. The second-order valence-electron chi connectivity index (χ2n) is 3.49. The summed E-state index contributed by atoms with van der Waals surface area (Å²) >= 11 is 5.70. The monoisotopic (exact) mass is 242 g/mol. The van der Waals surface area contributed by atoms with Crippen LogP contribution >= 0.6 is 11.6 Å². The van der Waals surface area contributed by atoms with E-state index in [2.05, 4.69) is 4.98 Å². The molecule has 0 bridgehead atoms. The minimum Gasteiger partial charge on any atom is -0.480 e. The molecular formula is C11H15ClN2O2. The van der Waals surface area contributed by atoms with E-state index in [4.69, 9.17) is 16.7 Å². The van der Waals surface area contributed by atoms with Crippen LogP contribution in [0, 0.1) is 0 Å². The molecule has 0 amide bonds. The fraction of sp³-hybridized carbons (Fsp3) is 0.455. The van der Waals surface area contributed by atoms with E-state index in [0.29, 0.717) is 13.1 Å². The largest absolute Gasteiger partial charge is 0.480 e. The van der Waals surface area contributed by atoms with Gasteiger partial charge in [-0.1, -0.05) is 6.92 Å². The van der Waals surface area contributed by atoms with E-state index in [-0.39, 0.29) is 0 Å². The molecule has 1 aromatic rings. The smallest absolute Gasteiger partial charge is 0.322 e. The third kappa shape index (κ3) is 4.16. The average Bonchev–Trinajstić information content (AvgIpc) is 2.29. The maximum absolute atomic E-state index is 10.6. The molecular weight excluding hydrogens is 228 g/mol. The number of carboxylic acids is 1. The second-order valence-corrected chi connectivity index (χ2v) is 4.02. The highest BCUT2D eigenvalue weighted by Gasteiger charge is 2.17. The van der Waals surface area contributed by atoms with Crippen molar-refractivity contribution in [3.05, 3.63) is 30.1 Å². The van der Waals surface area contributed by atoms with Crippen molar-refractivity contribution in [2.24, 2.45) is 0 Å². The Morgan fingerprint density at radius 3 is 2.69 bits per heavy atom. The lowest BCUT2D eigenvalue weighted by Crippen LogP contribution is -2.33. The molecule has 16 heavy (non-hydrogen) atoms. The Labute approximate surface area is 99.9 Å². The maximum atomic E-state index is 10.6. The number of pyridine rings is 1. The fourth-order valence-electron chi connectivity index (χ4n) is 1.36. The van der Waals surface area contributed by atoms with Crippen LogP contribution in [0.25, 0.3) is 0 Å². The van der Waals surface area contributed by atoms with Gasteiger partial charge in [0.15, 0.2) is 0 Å². The highest BCUT2D eigenvalue weighted by Crippen LogP contribution is 2.06. The van der Waals surface area contributed by atoms with E-state index in [1.165, 1.54) is 0 Å². The van der Waals surface area contributed by atoms with Crippen molar-refractivity contribution in [1.29, 1.82) is 0 Å². The predicted molar refractivity (Wildman–Crippen MR) is 62.5 cm³/mol. The number of carbonyl (C=O) groups is 1. The number of alkyl halides is 1. The third-order valence-electron chi connectivity index (χ3n) is 2.29. The van der Waals surface area contributed by atoms with Gasteiger partial charge in [0.25, 0.3) is 0 Å². The Morgan fingerprint density at radius 2 is 2.19 bits per heavy atom. The zero-order valence-electron chi connectivity index (χ0n) is 9.14. The molecule has 5 heteroatoms. The molecule has 4 nitrogen and oxygen atoms in total. The van der Waals surface area contributed by atoms with Gasteiger partial charge < -0.3 is 5.11 Å². The number of carboxylic acid groups (broad SMARTS) is 1. The van der Waals surface area contributed by atoms with E-state index in [1.54, 1.807) is 12.4 Å². The standard InChI is InChI=1S/C11H15ClN2O2/c1-2-14(8-10(12)11(15)16)7-9-3-5-13-6-4-9/h3-6,10H,2,7-8H2,1H3,(H,15,16). The van der Waals surface area contributed by atoms with Crippen LogP contribution in [0.15, 0.2) is 24.5 Å². The summed E-state index contributed by atoms with van der Waals surface area (Å²) in [6.45, 7) is 3.77. The molecule has 0 fully saturated rings. The first-order valence-corrected chi connectivity index (χ1v) is 5.55. The van der Waals surface area contributed by atoms with Crippen molar-refractivity contribution in [2.75, 3.05) is 13.1 Å². The van der Waals surface area contributed by atoms with Crippen LogP contribution in [0.4, 0.5) is 0 Å². The molecule has 0 aliphatic heterocycles. The Morgan fingerprint density at radius 1 is 1.56 bits per heavy atom. The number of rotatable bonds is 6. The molecule has 1 aromatic heterocycles. The first-order chi connectivity index (χ1) is 7.63. The van der Waals surface area contributed by atoms with E-state index in [1.807, 2.05) is 24.0 Å². The molecule has 1 rings (SSSR count). The van der Waals surface area contributed by atoms with Gasteiger partial charge in [0.05, 0.1) is 0 Å². The van der Waals surface area contributed by atoms with Crippen molar-refractivity contribution in [2.45, 2.75) is 18.8 Å². The summed E-state index contributed by atoms with van der Waals surface area (Å²) in [6, 6.07) is 3.82. The quantitative estimate of drug-likeness (QED) is 0.770. The van der Waals surface area contributed by atoms with Crippen LogP contribution in [0.5, 0.6) is 0 Å². The molecule has 0 aromatic carbocycles. The molecule has 1 N–H and O–H groups in total. The van der Waals surface area contributed by atoms with E-state index in [9.17, 15) is 4.79 Å². The van der Waals surface area contributed by atoms with Gasteiger partial charge in [0.2, 0.25) is 0 Å². The summed E-state index contributed by atoms with van der Waals surface area (Å²) in [6.07, 6.45) is 3.44. The number of aliphatic carboxylic acids is 1. The van der Waals surface area contributed by atoms with Crippen LogP contribution in [-0.4, -0.2) is 39.4 Å². The Hall–Kier alpha value is -1.13. The average molecular weight is 243 g/mol. The molecule has 0 radical (unpaired) electrons. The molecule has 88 valence electrons. The van der Waals surface area contributed by atoms with Crippen LogP contribution in [0.1, 0.15) is 12.5 Å². The van der Waals surface area contributed by atoms with Crippen molar-refractivity contribution in [1.82, 2.24) is 9.88 Å². The normalized spacial score (nSPS) is 12.7.